The van der Waals surface area contributed by atoms with Gasteiger partial charge in [0.25, 0.3) is 5.91 Å². The number of carbonyl (C=O) groups is 1. The first-order chi connectivity index (χ1) is 13.9. The Morgan fingerprint density at radius 1 is 1.03 bits per heavy atom. The van der Waals surface area contributed by atoms with E-state index in [0.29, 0.717) is 18.2 Å². The second-order valence-corrected chi connectivity index (χ2v) is 7.72. The predicted octanol–water partition coefficient (Wildman–Crippen LogP) is 4.46. The maximum atomic E-state index is 12.5. The summed E-state index contributed by atoms with van der Waals surface area (Å²) in [6.45, 7) is 6.86. The summed E-state index contributed by atoms with van der Waals surface area (Å²) in [5.74, 6) is 0.913. The van der Waals surface area contributed by atoms with E-state index in [1.807, 2.05) is 42.5 Å². The molecule has 0 saturated heterocycles. The summed E-state index contributed by atoms with van der Waals surface area (Å²) in [4.78, 5) is 21.2. The van der Waals surface area contributed by atoms with Crippen LogP contribution in [0.1, 0.15) is 42.4 Å². The van der Waals surface area contributed by atoms with E-state index < -0.39 is 0 Å². The first-order valence-electron chi connectivity index (χ1n) is 9.47. The monoisotopic (exact) mass is 390 g/mol. The molecular formula is C23H26N4O2. The van der Waals surface area contributed by atoms with Gasteiger partial charge in [-0.3, -0.25) is 4.79 Å². The number of hydrogen-bond acceptors (Lipinski definition) is 5. The third-order valence-corrected chi connectivity index (χ3v) is 4.48. The third kappa shape index (κ3) is 5.31. The lowest BCUT2D eigenvalue weighted by atomic mass is 9.86. The van der Waals surface area contributed by atoms with Crippen LogP contribution in [0, 0.1) is 0 Å². The molecule has 0 radical (unpaired) electrons. The highest BCUT2D eigenvalue weighted by Gasteiger charge is 2.18. The van der Waals surface area contributed by atoms with E-state index in [1.54, 1.807) is 19.4 Å². The van der Waals surface area contributed by atoms with Crippen LogP contribution in [0.15, 0.2) is 60.8 Å². The largest absolute Gasteiger partial charge is 0.497 e. The van der Waals surface area contributed by atoms with Gasteiger partial charge >= 0.3 is 0 Å². The van der Waals surface area contributed by atoms with Crippen LogP contribution in [-0.4, -0.2) is 23.0 Å². The average Bonchev–Trinajstić information content (AvgIpc) is 2.72. The van der Waals surface area contributed by atoms with Gasteiger partial charge in [0.15, 0.2) is 0 Å². The van der Waals surface area contributed by atoms with Crippen molar-refractivity contribution in [3.05, 3.63) is 77.6 Å². The van der Waals surface area contributed by atoms with Crippen molar-refractivity contribution in [1.82, 2.24) is 15.3 Å². The normalized spacial score (nSPS) is 11.0. The Morgan fingerprint density at radius 3 is 2.45 bits per heavy atom. The lowest BCUT2D eigenvalue weighted by Gasteiger charge is -2.23. The van der Waals surface area contributed by atoms with Gasteiger partial charge in [-0.15, -0.1) is 0 Å². The lowest BCUT2D eigenvalue weighted by molar-refractivity contribution is 0.0946. The zero-order chi connectivity index (χ0) is 20.9. The number of nitrogens with one attached hydrogen (secondary N) is 2. The van der Waals surface area contributed by atoms with E-state index in [4.69, 9.17) is 4.74 Å². The minimum atomic E-state index is -0.254. The number of aromatic nitrogens is 2. The van der Waals surface area contributed by atoms with Gasteiger partial charge < -0.3 is 15.4 Å². The fourth-order valence-electron chi connectivity index (χ4n) is 2.93. The van der Waals surface area contributed by atoms with Gasteiger partial charge in [-0.05, 0) is 40.8 Å². The van der Waals surface area contributed by atoms with Crippen LogP contribution in [0.25, 0.3) is 0 Å². The van der Waals surface area contributed by atoms with E-state index in [2.05, 4.69) is 47.4 Å². The highest BCUT2D eigenvalue weighted by Crippen LogP contribution is 2.30. The lowest BCUT2D eigenvalue weighted by Crippen LogP contribution is -2.24. The molecular weight excluding hydrogens is 364 g/mol. The predicted molar refractivity (Wildman–Crippen MR) is 115 cm³/mol. The van der Waals surface area contributed by atoms with Crippen LogP contribution in [0.4, 0.5) is 11.6 Å². The number of nitrogens with zero attached hydrogens (tertiary/aromatic N) is 2. The highest BCUT2D eigenvalue weighted by atomic mass is 16.5. The molecule has 0 atom stereocenters. The Kier molecular flexibility index (Phi) is 6.12. The first-order valence-corrected chi connectivity index (χ1v) is 9.47. The molecule has 1 heterocycles. The molecule has 6 nitrogen and oxygen atoms in total. The number of amides is 1. The van der Waals surface area contributed by atoms with E-state index in [9.17, 15) is 4.79 Å². The number of ether oxygens (including phenoxy) is 1. The topological polar surface area (TPSA) is 76.1 Å². The molecule has 0 saturated carbocycles. The van der Waals surface area contributed by atoms with E-state index in [-0.39, 0.29) is 11.3 Å². The second kappa shape index (κ2) is 8.73. The van der Waals surface area contributed by atoms with Gasteiger partial charge in [0.1, 0.15) is 11.4 Å². The number of methoxy groups -OCH3 is 1. The molecule has 0 spiro atoms. The molecule has 2 aromatic carbocycles. The Balaban J connectivity index is 1.70. The molecule has 0 aliphatic heterocycles. The molecule has 2 N–H and O–H groups in total. The first kappa shape index (κ1) is 20.3. The quantitative estimate of drug-likeness (QED) is 0.650. The Hall–Kier alpha value is -3.41. The molecule has 0 aliphatic carbocycles. The zero-order valence-electron chi connectivity index (χ0n) is 17.2. The van der Waals surface area contributed by atoms with Crippen molar-refractivity contribution >= 4 is 17.5 Å². The molecule has 1 amide bonds. The summed E-state index contributed by atoms with van der Waals surface area (Å²) in [5, 5.41) is 6.13. The van der Waals surface area contributed by atoms with Crippen LogP contribution in [0.2, 0.25) is 0 Å². The van der Waals surface area contributed by atoms with Gasteiger partial charge in [-0.2, -0.15) is 0 Å². The summed E-state index contributed by atoms with van der Waals surface area (Å²) in [7, 11) is 1.62. The Bertz CT molecular complexity index is 979. The van der Waals surface area contributed by atoms with Gasteiger partial charge in [0, 0.05) is 18.4 Å². The number of anilines is 2. The van der Waals surface area contributed by atoms with Crippen molar-refractivity contribution in [2.45, 2.75) is 32.7 Å². The van der Waals surface area contributed by atoms with E-state index >= 15 is 0 Å². The van der Waals surface area contributed by atoms with E-state index in [1.165, 1.54) is 0 Å². The van der Waals surface area contributed by atoms with Crippen LogP contribution < -0.4 is 15.4 Å². The number of para-hydroxylation sites is 1. The summed E-state index contributed by atoms with van der Waals surface area (Å²) >= 11 is 0. The van der Waals surface area contributed by atoms with Crippen molar-refractivity contribution in [3.63, 3.8) is 0 Å². The molecule has 0 fully saturated rings. The summed E-state index contributed by atoms with van der Waals surface area (Å²) < 4.78 is 5.14. The van der Waals surface area contributed by atoms with Crippen molar-refractivity contribution in [3.8, 4) is 5.75 Å². The third-order valence-electron chi connectivity index (χ3n) is 4.48. The second-order valence-electron chi connectivity index (χ2n) is 7.72. The minimum absolute atomic E-state index is 0.0308. The fraction of sp³-hybridized carbons (Fsp3) is 0.261. The van der Waals surface area contributed by atoms with Gasteiger partial charge in [0.05, 0.1) is 7.11 Å². The maximum absolute atomic E-state index is 12.5. The summed E-state index contributed by atoms with van der Waals surface area (Å²) in [6, 6.07) is 17.2. The summed E-state index contributed by atoms with van der Waals surface area (Å²) in [5.41, 5.74) is 3.33. The molecule has 1 aromatic heterocycles. The summed E-state index contributed by atoms with van der Waals surface area (Å²) in [6.07, 6.45) is 1.58. The molecule has 150 valence electrons. The SMILES string of the molecule is COc1ccc(CNC(=O)c2ccnc(Nc3ccccc3C(C)(C)C)n2)cc1. The zero-order valence-corrected chi connectivity index (χ0v) is 17.2. The Labute approximate surface area is 171 Å². The van der Waals surface area contributed by atoms with E-state index in [0.717, 1.165) is 22.6 Å². The molecule has 3 rings (SSSR count). The number of hydrogen-bond donors (Lipinski definition) is 2. The number of rotatable bonds is 6. The van der Waals surface area contributed by atoms with Crippen molar-refractivity contribution in [2.24, 2.45) is 0 Å². The molecule has 0 aliphatic rings. The van der Waals surface area contributed by atoms with Crippen LogP contribution in [0.3, 0.4) is 0 Å². The van der Waals surface area contributed by atoms with Gasteiger partial charge in [-0.1, -0.05) is 51.1 Å². The molecule has 6 heteroatoms. The van der Waals surface area contributed by atoms with Crippen molar-refractivity contribution < 1.29 is 9.53 Å². The number of carbonyl (C=O) groups excluding carboxylic acids is 1. The van der Waals surface area contributed by atoms with Gasteiger partial charge in [-0.25, -0.2) is 9.97 Å². The maximum Gasteiger partial charge on any atom is 0.270 e. The molecule has 0 unspecified atom stereocenters. The smallest absolute Gasteiger partial charge is 0.270 e. The standard InChI is InChI=1S/C23H26N4O2/c1-23(2,3)18-7-5-6-8-19(18)26-22-24-14-13-20(27-22)21(28)25-15-16-9-11-17(29-4)12-10-16/h5-14H,15H2,1-4H3,(H,25,28)(H,24,26,27). The molecule has 29 heavy (non-hydrogen) atoms. The highest BCUT2D eigenvalue weighted by molar-refractivity contribution is 5.92. The average molecular weight is 390 g/mol. The van der Waals surface area contributed by atoms with Crippen molar-refractivity contribution in [1.29, 1.82) is 0 Å². The fourth-order valence-corrected chi connectivity index (χ4v) is 2.93. The van der Waals surface area contributed by atoms with Crippen LogP contribution in [0.5, 0.6) is 5.75 Å². The Morgan fingerprint density at radius 2 is 1.76 bits per heavy atom. The molecule has 3 aromatic rings. The number of benzene rings is 2. The van der Waals surface area contributed by atoms with Crippen LogP contribution >= 0.6 is 0 Å². The minimum Gasteiger partial charge on any atom is -0.497 e. The van der Waals surface area contributed by atoms with Gasteiger partial charge in [0.2, 0.25) is 5.95 Å². The molecule has 0 bridgehead atoms. The van der Waals surface area contributed by atoms with Crippen LogP contribution in [-0.2, 0) is 12.0 Å². The van der Waals surface area contributed by atoms with Crippen molar-refractivity contribution in [2.75, 3.05) is 12.4 Å².